The lowest BCUT2D eigenvalue weighted by molar-refractivity contribution is -0.138. The fraction of sp³-hybridized carbons (Fsp3) is 0.720. The van der Waals surface area contributed by atoms with Gasteiger partial charge in [-0.3, -0.25) is 4.79 Å². The van der Waals surface area contributed by atoms with Crippen LogP contribution in [0.25, 0.3) is 0 Å². The Balaban J connectivity index is 1.63. The number of sulfonamides is 1. The third-order valence-electron chi connectivity index (χ3n) is 7.10. The third-order valence-corrected chi connectivity index (χ3v) is 7.83. The minimum atomic E-state index is -3.36. The molecule has 1 saturated carbocycles. The van der Waals surface area contributed by atoms with Crippen LogP contribution in [-0.2, 0) is 26.0 Å². The molecule has 6 nitrogen and oxygen atoms in total. The van der Waals surface area contributed by atoms with Crippen LogP contribution in [0, 0.1) is 11.8 Å². The van der Waals surface area contributed by atoms with E-state index in [1.54, 1.807) is 0 Å². The van der Waals surface area contributed by atoms with E-state index in [4.69, 9.17) is 4.74 Å². The number of carbonyl (C=O) groups excluding carboxylic acids is 1. The van der Waals surface area contributed by atoms with Crippen LogP contribution in [0.15, 0.2) is 30.3 Å². The van der Waals surface area contributed by atoms with Crippen molar-refractivity contribution in [3.8, 4) is 0 Å². The Kier molecular flexibility index (Phi) is 9.14. The normalized spacial score (nSPS) is 26.9. The molecule has 0 bridgehead atoms. The van der Waals surface area contributed by atoms with Crippen LogP contribution in [-0.4, -0.2) is 56.8 Å². The van der Waals surface area contributed by atoms with Crippen molar-refractivity contribution in [2.45, 2.75) is 83.4 Å². The lowest BCUT2D eigenvalue weighted by atomic mass is 9.80. The van der Waals surface area contributed by atoms with E-state index in [1.165, 1.54) is 19.1 Å². The molecule has 0 aromatic heterocycles. The van der Waals surface area contributed by atoms with E-state index in [0.29, 0.717) is 31.9 Å². The summed E-state index contributed by atoms with van der Waals surface area (Å²) in [7, 11) is -3.36. The number of carbonyl (C=O) groups is 1. The van der Waals surface area contributed by atoms with Crippen molar-refractivity contribution in [1.82, 2.24) is 9.62 Å². The fourth-order valence-corrected chi connectivity index (χ4v) is 6.01. The van der Waals surface area contributed by atoms with Gasteiger partial charge in [0.1, 0.15) is 0 Å². The molecule has 32 heavy (non-hydrogen) atoms. The smallest absolute Gasteiger partial charge is 0.223 e. The van der Waals surface area contributed by atoms with Crippen LogP contribution in [0.4, 0.5) is 0 Å². The predicted molar refractivity (Wildman–Crippen MR) is 128 cm³/mol. The van der Waals surface area contributed by atoms with Gasteiger partial charge in [-0.15, -0.1) is 0 Å². The zero-order valence-corrected chi connectivity index (χ0v) is 20.6. The van der Waals surface area contributed by atoms with Crippen LogP contribution in [0.3, 0.4) is 0 Å². The van der Waals surface area contributed by atoms with Crippen molar-refractivity contribution in [3.05, 3.63) is 35.9 Å². The lowest BCUT2D eigenvalue weighted by Gasteiger charge is -2.42. The third kappa shape index (κ3) is 7.56. The summed E-state index contributed by atoms with van der Waals surface area (Å²) in [5, 5.41) is 0. The summed E-state index contributed by atoms with van der Waals surface area (Å²) in [4.78, 5) is 15.0. The topological polar surface area (TPSA) is 75.7 Å². The van der Waals surface area contributed by atoms with E-state index in [9.17, 15) is 13.2 Å². The predicted octanol–water partition coefficient (Wildman–Crippen LogP) is 3.76. The van der Waals surface area contributed by atoms with E-state index in [0.717, 1.165) is 37.2 Å². The quantitative estimate of drug-likeness (QED) is 0.604. The maximum absolute atomic E-state index is 13.2. The maximum atomic E-state index is 13.2. The molecule has 1 saturated heterocycles. The van der Waals surface area contributed by atoms with Crippen LogP contribution in [0.5, 0.6) is 0 Å². The van der Waals surface area contributed by atoms with E-state index in [1.807, 2.05) is 35.2 Å². The van der Waals surface area contributed by atoms with Gasteiger partial charge in [-0.25, -0.2) is 13.1 Å². The molecule has 0 radical (unpaired) electrons. The molecule has 1 aromatic carbocycles. The second-order valence-corrected chi connectivity index (χ2v) is 11.7. The van der Waals surface area contributed by atoms with Crippen molar-refractivity contribution < 1.29 is 17.9 Å². The number of nitrogens with zero attached hydrogens (tertiary/aromatic N) is 1. The number of nitrogens with one attached hydrogen (secondary N) is 1. The minimum absolute atomic E-state index is 0.0750. The number of amides is 1. The highest BCUT2D eigenvalue weighted by Crippen LogP contribution is 2.32. The van der Waals surface area contributed by atoms with Gasteiger partial charge in [0.2, 0.25) is 15.9 Å². The summed E-state index contributed by atoms with van der Waals surface area (Å²) in [6, 6.07) is 9.45. The first-order chi connectivity index (χ1) is 15.2. The van der Waals surface area contributed by atoms with E-state index >= 15 is 0 Å². The van der Waals surface area contributed by atoms with Crippen molar-refractivity contribution in [1.29, 1.82) is 0 Å². The van der Waals surface area contributed by atoms with E-state index in [2.05, 4.69) is 18.6 Å². The number of ether oxygens (including phenoxy) is 1. The van der Waals surface area contributed by atoms with Gasteiger partial charge < -0.3 is 9.64 Å². The Labute approximate surface area is 194 Å². The Morgan fingerprint density at radius 1 is 1.12 bits per heavy atom. The van der Waals surface area contributed by atoms with E-state index in [-0.39, 0.29) is 24.1 Å². The number of piperidine rings is 1. The number of rotatable bonds is 9. The van der Waals surface area contributed by atoms with E-state index < -0.39 is 10.0 Å². The summed E-state index contributed by atoms with van der Waals surface area (Å²) in [6.45, 7) is 5.62. The number of benzene rings is 1. The molecule has 0 spiro atoms. The molecule has 2 fully saturated rings. The molecule has 7 heteroatoms. The Morgan fingerprint density at radius 3 is 2.44 bits per heavy atom. The van der Waals surface area contributed by atoms with Crippen molar-refractivity contribution in [2.24, 2.45) is 11.8 Å². The van der Waals surface area contributed by atoms with Gasteiger partial charge in [0, 0.05) is 19.0 Å². The van der Waals surface area contributed by atoms with Crippen molar-refractivity contribution in [3.63, 3.8) is 0 Å². The van der Waals surface area contributed by atoms with Gasteiger partial charge >= 0.3 is 0 Å². The summed E-state index contributed by atoms with van der Waals surface area (Å²) in [6.07, 6.45) is 8.46. The maximum Gasteiger partial charge on any atom is 0.223 e. The molecule has 2 aliphatic rings. The molecule has 1 N–H and O–H groups in total. The summed E-state index contributed by atoms with van der Waals surface area (Å²) in [5.41, 5.74) is 1.14. The number of likely N-dealkylation sites (tertiary alicyclic amines) is 1. The van der Waals surface area contributed by atoms with Crippen molar-refractivity contribution in [2.75, 3.05) is 19.4 Å². The van der Waals surface area contributed by atoms with Gasteiger partial charge in [0.15, 0.2) is 0 Å². The van der Waals surface area contributed by atoms with Crippen LogP contribution >= 0.6 is 0 Å². The second kappa shape index (κ2) is 11.6. The molecule has 3 rings (SSSR count). The lowest BCUT2D eigenvalue weighted by Crippen LogP contribution is -2.59. The largest absolute Gasteiger partial charge is 0.376 e. The Bertz CT molecular complexity index is 820. The van der Waals surface area contributed by atoms with Gasteiger partial charge in [-0.1, -0.05) is 44.2 Å². The highest BCUT2D eigenvalue weighted by Gasteiger charge is 2.36. The van der Waals surface area contributed by atoms with Gasteiger partial charge in [0.05, 0.1) is 25.0 Å². The average molecular weight is 465 g/mol. The number of hydrogen-bond acceptors (Lipinski definition) is 4. The molecule has 1 heterocycles. The molecule has 180 valence electrons. The molecule has 2 atom stereocenters. The van der Waals surface area contributed by atoms with Crippen LogP contribution < -0.4 is 4.72 Å². The fourth-order valence-electron chi connectivity index (χ4n) is 5.18. The molecule has 1 aromatic rings. The van der Waals surface area contributed by atoms with Gasteiger partial charge in [-0.05, 0) is 62.3 Å². The number of hydrogen-bond donors (Lipinski definition) is 1. The van der Waals surface area contributed by atoms with Crippen LogP contribution in [0.1, 0.15) is 64.4 Å². The first-order valence-electron chi connectivity index (χ1n) is 12.1. The first-order valence-corrected chi connectivity index (χ1v) is 14.0. The summed E-state index contributed by atoms with van der Waals surface area (Å²) < 4.78 is 33.1. The van der Waals surface area contributed by atoms with Gasteiger partial charge in [-0.2, -0.15) is 0 Å². The van der Waals surface area contributed by atoms with Crippen LogP contribution in [0.2, 0.25) is 0 Å². The second-order valence-electron chi connectivity index (χ2n) is 9.89. The van der Waals surface area contributed by atoms with Crippen molar-refractivity contribution >= 4 is 15.9 Å². The molecule has 1 aliphatic heterocycles. The summed E-state index contributed by atoms with van der Waals surface area (Å²) in [5.74, 6) is 1.54. The Hall–Kier alpha value is -1.44. The summed E-state index contributed by atoms with van der Waals surface area (Å²) >= 11 is 0. The average Bonchev–Trinajstić information content (AvgIpc) is 2.76. The monoisotopic (exact) mass is 464 g/mol. The highest BCUT2D eigenvalue weighted by atomic mass is 32.2. The molecule has 1 amide bonds. The standard InChI is InChI=1S/C25H40N2O4S/c1-19(2)21-12-14-22(15-13-21)31-18-24-23(26-32(3,29)30)10-7-17-27(24)25(28)16-11-20-8-5-4-6-9-20/h4-6,8-9,19,21-24,26H,7,10-18H2,1-3H3/t21-,22+,23-,24-/m1/s1. The molecular formula is C25H40N2O4S. The van der Waals surface area contributed by atoms with Gasteiger partial charge in [0.25, 0.3) is 0 Å². The number of aryl methyl sites for hydroxylation is 1. The highest BCUT2D eigenvalue weighted by molar-refractivity contribution is 7.88. The zero-order valence-electron chi connectivity index (χ0n) is 19.8. The Morgan fingerprint density at radius 2 is 1.81 bits per heavy atom. The first kappa shape index (κ1) is 25.2. The minimum Gasteiger partial charge on any atom is -0.376 e. The molecule has 0 unspecified atom stereocenters. The zero-order chi connectivity index (χ0) is 23.1. The molecular weight excluding hydrogens is 424 g/mol. The molecule has 1 aliphatic carbocycles. The SMILES string of the molecule is CC(C)[C@H]1CC[C@@H](OC[C@@H]2[C@H](NS(C)(=O)=O)CCCN2C(=O)CCc2ccccc2)CC1.